The second kappa shape index (κ2) is 5.93. The molecule has 0 fully saturated rings. The van der Waals surface area contributed by atoms with Gasteiger partial charge in [-0.25, -0.2) is 21.9 Å². The summed E-state index contributed by atoms with van der Waals surface area (Å²) in [4.78, 5) is 11.4. The molecule has 0 saturated heterocycles. The second-order valence-electron chi connectivity index (χ2n) is 3.86. The smallest absolute Gasteiger partial charge is 0.287 e. The highest BCUT2D eigenvalue weighted by molar-refractivity contribution is 7.89. The Labute approximate surface area is 115 Å². The third-order valence-corrected chi connectivity index (χ3v) is 2.61. The molecule has 0 saturated carbocycles. The minimum atomic E-state index is -5.03. The van der Waals surface area contributed by atoms with Crippen molar-refractivity contribution < 1.29 is 39.9 Å². The molecule has 11 heteroatoms. The van der Waals surface area contributed by atoms with E-state index in [9.17, 15) is 35.2 Å². The zero-order valence-corrected chi connectivity index (χ0v) is 11.1. The van der Waals surface area contributed by atoms with Crippen molar-refractivity contribution in [2.24, 2.45) is 0 Å². The molecule has 0 unspecified atom stereocenters. The first-order chi connectivity index (χ1) is 9.39. The van der Waals surface area contributed by atoms with E-state index in [1.54, 1.807) is 0 Å². The number of sulfonamides is 1. The monoisotopic (exact) mass is 333 g/mol. The maximum absolute atomic E-state index is 13.5. The predicted octanol–water partition coefficient (Wildman–Crippen LogP) is 1.69. The van der Waals surface area contributed by atoms with Gasteiger partial charge >= 0.3 is 6.36 Å². The maximum Gasteiger partial charge on any atom is 0.522 e. The minimum Gasteiger partial charge on any atom is -0.287 e. The van der Waals surface area contributed by atoms with Gasteiger partial charge in [-0.15, -0.1) is 13.2 Å². The quantitative estimate of drug-likeness (QED) is 0.851. The van der Waals surface area contributed by atoms with Gasteiger partial charge in [-0.3, -0.25) is 9.53 Å². The van der Waals surface area contributed by atoms with Gasteiger partial charge in [0.15, 0.2) is 0 Å². The molecule has 0 atom stereocenters. The van der Waals surface area contributed by atoms with Crippen LogP contribution in [0, 0.1) is 11.6 Å². The van der Waals surface area contributed by atoms with Crippen molar-refractivity contribution in [2.75, 3.05) is 6.26 Å². The summed E-state index contributed by atoms with van der Waals surface area (Å²) in [6, 6.07) is 0.600. The Bertz CT molecular complexity index is 656. The van der Waals surface area contributed by atoms with Crippen LogP contribution in [0.15, 0.2) is 12.1 Å². The topological polar surface area (TPSA) is 72.5 Å². The normalized spacial score (nSPS) is 12.3. The maximum atomic E-state index is 13.5. The fourth-order valence-corrected chi connectivity index (χ4v) is 1.70. The van der Waals surface area contributed by atoms with E-state index in [0.717, 1.165) is 0 Å². The number of rotatable bonds is 4. The molecule has 118 valence electrons. The lowest BCUT2D eigenvalue weighted by atomic mass is 10.1. The van der Waals surface area contributed by atoms with Gasteiger partial charge in [0.05, 0.1) is 18.4 Å². The standard InChI is InChI=1S/C10H8F5NO4S/c1-21(18,19)16-9(17)6-3-7(11)5(2-8(6)12)4-20-10(13,14)15/h2-3H,4H2,1H3,(H,16,17). The molecule has 1 aromatic carbocycles. The molecular formula is C10H8F5NO4S. The fourth-order valence-electron chi connectivity index (χ4n) is 1.26. The summed E-state index contributed by atoms with van der Waals surface area (Å²) in [6.07, 6.45) is -4.42. The zero-order valence-electron chi connectivity index (χ0n) is 10.3. The number of carbonyl (C=O) groups is 1. The molecule has 0 aromatic heterocycles. The van der Waals surface area contributed by atoms with E-state index in [2.05, 4.69) is 4.74 Å². The molecule has 1 N–H and O–H groups in total. The van der Waals surface area contributed by atoms with Crippen LogP contribution in [-0.4, -0.2) is 26.9 Å². The Kier molecular flexibility index (Phi) is 4.89. The third-order valence-electron chi connectivity index (χ3n) is 2.05. The molecule has 1 amide bonds. The molecule has 0 aliphatic rings. The van der Waals surface area contributed by atoms with Crippen molar-refractivity contribution in [3.63, 3.8) is 0 Å². The van der Waals surface area contributed by atoms with Crippen molar-refractivity contribution in [3.05, 3.63) is 34.9 Å². The predicted molar refractivity (Wildman–Crippen MR) is 59.5 cm³/mol. The Hall–Kier alpha value is -1.75. The molecule has 0 aliphatic carbocycles. The highest BCUT2D eigenvalue weighted by Crippen LogP contribution is 2.22. The van der Waals surface area contributed by atoms with Gasteiger partial charge in [0.2, 0.25) is 10.0 Å². The lowest BCUT2D eigenvalue weighted by Gasteiger charge is -2.10. The van der Waals surface area contributed by atoms with Crippen LogP contribution in [0.3, 0.4) is 0 Å². The SMILES string of the molecule is CS(=O)(=O)NC(=O)c1cc(F)c(COC(F)(F)F)cc1F. The number of hydrogen-bond donors (Lipinski definition) is 1. The summed E-state index contributed by atoms with van der Waals surface area (Å²) in [5, 5.41) is 0. The van der Waals surface area contributed by atoms with E-state index in [4.69, 9.17) is 0 Å². The van der Waals surface area contributed by atoms with E-state index in [1.807, 2.05) is 0 Å². The van der Waals surface area contributed by atoms with Gasteiger partial charge in [-0.05, 0) is 12.1 Å². The molecular weight excluding hydrogens is 325 g/mol. The van der Waals surface area contributed by atoms with Crippen LogP contribution in [0.1, 0.15) is 15.9 Å². The van der Waals surface area contributed by atoms with Crippen LogP contribution < -0.4 is 4.72 Å². The number of ether oxygens (including phenoxy) is 1. The van der Waals surface area contributed by atoms with Gasteiger partial charge < -0.3 is 0 Å². The summed E-state index contributed by atoms with van der Waals surface area (Å²) in [7, 11) is -4.00. The molecule has 1 aromatic rings. The van der Waals surface area contributed by atoms with Crippen LogP contribution in [-0.2, 0) is 21.4 Å². The molecule has 5 nitrogen and oxygen atoms in total. The largest absolute Gasteiger partial charge is 0.522 e. The molecule has 0 bridgehead atoms. The Morgan fingerprint density at radius 3 is 2.29 bits per heavy atom. The molecule has 21 heavy (non-hydrogen) atoms. The van der Waals surface area contributed by atoms with Crippen LogP contribution in [0.4, 0.5) is 22.0 Å². The minimum absolute atomic E-state index is 0.283. The highest BCUT2D eigenvalue weighted by atomic mass is 32.2. The third kappa shape index (κ3) is 5.63. The Morgan fingerprint density at radius 2 is 1.81 bits per heavy atom. The van der Waals surface area contributed by atoms with E-state index < -0.39 is 51.7 Å². The number of benzene rings is 1. The molecule has 0 spiro atoms. The number of amides is 1. The van der Waals surface area contributed by atoms with Crippen LogP contribution in [0.2, 0.25) is 0 Å². The first-order valence-corrected chi connectivity index (χ1v) is 6.99. The number of carbonyl (C=O) groups excluding carboxylic acids is 1. The van der Waals surface area contributed by atoms with E-state index in [1.165, 1.54) is 4.72 Å². The number of alkyl halides is 3. The Balaban J connectivity index is 3.02. The van der Waals surface area contributed by atoms with Crippen LogP contribution in [0.25, 0.3) is 0 Å². The van der Waals surface area contributed by atoms with Crippen LogP contribution in [0.5, 0.6) is 0 Å². The number of nitrogens with one attached hydrogen (secondary N) is 1. The van der Waals surface area contributed by atoms with Crippen molar-refractivity contribution in [1.29, 1.82) is 0 Å². The molecule has 0 aliphatic heterocycles. The first-order valence-electron chi connectivity index (χ1n) is 5.10. The van der Waals surface area contributed by atoms with Gasteiger partial charge in [0, 0.05) is 5.56 Å². The first kappa shape index (κ1) is 17.3. The number of hydrogen-bond acceptors (Lipinski definition) is 4. The summed E-state index contributed by atoms with van der Waals surface area (Å²) >= 11 is 0. The van der Waals surface area contributed by atoms with Gasteiger partial charge in [-0.2, -0.15) is 0 Å². The lowest BCUT2D eigenvalue weighted by molar-refractivity contribution is -0.330. The zero-order chi connectivity index (χ0) is 16.4. The van der Waals surface area contributed by atoms with Gasteiger partial charge in [0.25, 0.3) is 5.91 Å². The molecule has 0 radical (unpaired) electrons. The lowest BCUT2D eigenvalue weighted by Crippen LogP contribution is -2.30. The van der Waals surface area contributed by atoms with Gasteiger partial charge in [-0.1, -0.05) is 0 Å². The van der Waals surface area contributed by atoms with Crippen LogP contribution >= 0.6 is 0 Å². The highest BCUT2D eigenvalue weighted by Gasteiger charge is 2.30. The van der Waals surface area contributed by atoms with Crippen molar-refractivity contribution in [3.8, 4) is 0 Å². The summed E-state index contributed by atoms with van der Waals surface area (Å²) < 4.78 is 88.7. The van der Waals surface area contributed by atoms with Gasteiger partial charge in [0.1, 0.15) is 11.6 Å². The van der Waals surface area contributed by atoms with Crippen molar-refractivity contribution in [1.82, 2.24) is 4.72 Å². The number of halogens is 5. The Morgan fingerprint density at radius 1 is 1.24 bits per heavy atom. The molecule has 0 heterocycles. The van der Waals surface area contributed by atoms with E-state index >= 15 is 0 Å². The fraction of sp³-hybridized carbons (Fsp3) is 0.300. The molecule has 1 rings (SSSR count). The average Bonchev–Trinajstić information content (AvgIpc) is 2.26. The van der Waals surface area contributed by atoms with Crippen molar-refractivity contribution >= 4 is 15.9 Å². The summed E-state index contributed by atoms with van der Waals surface area (Å²) in [6.45, 7) is -1.29. The average molecular weight is 333 g/mol. The van der Waals surface area contributed by atoms with E-state index in [-0.39, 0.29) is 6.07 Å². The summed E-state index contributed by atoms with van der Waals surface area (Å²) in [5.74, 6) is -4.19. The van der Waals surface area contributed by atoms with E-state index in [0.29, 0.717) is 12.3 Å². The summed E-state index contributed by atoms with van der Waals surface area (Å²) in [5.41, 5.74) is -1.74. The van der Waals surface area contributed by atoms with Crippen molar-refractivity contribution in [2.45, 2.75) is 13.0 Å². The second-order valence-corrected chi connectivity index (χ2v) is 5.61.